The van der Waals surface area contributed by atoms with Crippen molar-refractivity contribution in [2.75, 3.05) is 6.61 Å². The summed E-state index contributed by atoms with van der Waals surface area (Å²) in [5.74, 6) is 8.14. The number of fused-ring (bicyclic) bond motifs is 1. The van der Waals surface area contributed by atoms with Gasteiger partial charge in [0.1, 0.15) is 5.75 Å². The minimum absolute atomic E-state index is 0.0536. The number of rotatable bonds is 4. The Morgan fingerprint density at radius 3 is 2.35 bits per heavy atom. The Hall–Kier alpha value is -2.55. The van der Waals surface area contributed by atoms with E-state index in [-0.39, 0.29) is 11.4 Å². The number of hydrogen-bond acceptors (Lipinski definition) is 5. The van der Waals surface area contributed by atoms with Gasteiger partial charge in [-0.25, -0.2) is 4.79 Å². The van der Waals surface area contributed by atoms with Gasteiger partial charge in [0, 0.05) is 25.0 Å². The van der Waals surface area contributed by atoms with Crippen LogP contribution >= 0.6 is 0 Å². The molecule has 6 heteroatoms. The molecule has 120 valence electrons. The molecule has 0 radical (unpaired) electrons. The van der Waals surface area contributed by atoms with Crippen LogP contribution in [0.25, 0.3) is 0 Å². The Bertz CT molecular complexity index is 640. The van der Waals surface area contributed by atoms with Gasteiger partial charge in [0.05, 0.1) is 11.5 Å². The first kappa shape index (κ1) is 15.3. The van der Waals surface area contributed by atoms with Crippen molar-refractivity contribution in [2.45, 2.75) is 25.7 Å². The first-order valence-corrected chi connectivity index (χ1v) is 7.70. The largest absolute Gasteiger partial charge is 0.513 e. The summed E-state index contributed by atoms with van der Waals surface area (Å²) >= 11 is 0. The SMILES string of the molecule is O=C(OCC1C2CCC#CCCC21)Oc1ccc([N+](=O)[O-])cc1. The minimum atomic E-state index is -0.769. The molecule has 2 unspecified atom stereocenters. The molecule has 23 heavy (non-hydrogen) atoms. The highest BCUT2D eigenvalue weighted by atomic mass is 16.7. The lowest BCUT2D eigenvalue weighted by atomic mass is 10.1. The molecule has 1 saturated carbocycles. The lowest BCUT2D eigenvalue weighted by Gasteiger charge is -2.05. The Labute approximate surface area is 133 Å². The summed E-state index contributed by atoms with van der Waals surface area (Å²) in [7, 11) is 0. The third kappa shape index (κ3) is 3.81. The van der Waals surface area contributed by atoms with Gasteiger partial charge in [0.15, 0.2) is 0 Å². The van der Waals surface area contributed by atoms with E-state index in [2.05, 4.69) is 11.8 Å². The molecule has 0 amide bonds. The Morgan fingerprint density at radius 2 is 1.78 bits per heavy atom. The van der Waals surface area contributed by atoms with Gasteiger partial charge < -0.3 is 9.47 Å². The summed E-state index contributed by atoms with van der Waals surface area (Å²) in [4.78, 5) is 21.7. The maximum Gasteiger partial charge on any atom is 0.513 e. The van der Waals surface area contributed by atoms with Crippen LogP contribution in [0.3, 0.4) is 0 Å². The van der Waals surface area contributed by atoms with Crippen LogP contribution in [0, 0.1) is 39.7 Å². The maximum atomic E-state index is 11.7. The van der Waals surface area contributed by atoms with Crippen molar-refractivity contribution in [1.82, 2.24) is 0 Å². The van der Waals surface area contributed by atoms with Crippen LogP contribution in [-0.2, 0) is 4.74 Å². The van der Waals surface area contributed by atoms with Crippen molar-refractivity contribution in [2.24, 2.45) is 17.8 Å². The molecule has 0 N–H and O–H groups in total. The molecule has 0 aromatic heterocycles. The molecule has 2 atom stereocenters. The van der Waals surface area contributed by atoms with Crippen molar-refractivity contribution in [1.29, 1.82) is 0 Å². The van der Waals surface area contributed by atoms with Gasteiger partial charge >= 0.3 is 6.16 Å². The number of nitro benzene ring substituents is 1. The van der Waals surface area contributed by atoms with E-state index in [1.165, 1.54) is 24.3 Å². The normalized spacial score (nSPS) is 25.0. The van der Waals surface area contributed by atoms with E-state index in [1.807, 2.05) is 0 Å². The molecule has 6 nitrogen and oxygen atoms in total. The number of hydrogen-bond donors (Lipinski definition) is 0. The predicted octanol–water partition coefficient (Wildman–Crippen LogP) is 3.55. The number of benzene rings is 1. The minimum Gasteiger partial charge on any atom is -0.434 e. The van der Waals surface area contributed by atoms with Crippen LogP contribution in [0.5, 0.6) is 5.75 Å². The van der Waals surface area contributed by atoms with E-state index >= 15 is 0 Å². The van der Waals surface area contributed by atoms with Crippen LogP contribution in [0.15, 0.2) is 24.3 Å². The Kier molecular flexibility index (Phi) is 4.47. The van der Waals surface area contributed by atoms with Gasteiger partial charge in [-0.05, 0) is 42.7 Å². The van der Waals surface area contributed by atoms with E-state index < -0.39 is 11.1 Å². The van der Waals surface area contributed by atoms with E-state index in [0.29, 0.717) is 24.4 Å². The van der Waals surface area contributed by atoms with Crippen molar-refractivity contribution < 1.29 is 19.2 Å². The van der Waals surface area contributed by atoms with Gasteiger partial charge in [-0.3, -0.25) is 10.1 Å². The maximum absolute atomic E-state index is 11.7. The summed E-state index contributed by atoms with van der Waals surface area (Å²) in [5.41, 5.74) is -0.0536. The Morgan fingerprint density at radius 1 is 1.17 bits per heavy atom. The third-order valence-electron chi connectivity index (χ3n) is 4.48. The zero-order valence-electron chi connectivity index (χ0n) is 12.6. The topological polar surface area (TPSA) is 78.7 Å². The number of ether oxygens (including phenoxy) is 2. The molecular formula is C17H17NO5. The molecule has 0 heterocycles. The summed E-state index contributed by atoms with van der Waals surface area (Å²) in [6.07, 6.45) is 3.22. The summed E-state index contributed by atoms with van der Waals surface area (Å²) in [6.45, 7) is 0.362. The fourth-order valence-corrected chi connectivity index (χ4v) is 3.21. The predicted molar refractivity (Wildman–Crippen MR) is 81.8 cm³/mol. The third-order valence-corrected chi connectivity index (χ3v) is 4.48. The standard InChI is InChI=1S/C17H17NO5/c19-17(23-13-9-7-12(8-10-13)18(20)21)22-11-16-14-5-3-1-2-4-6-15(14)16/h7-10,14-16H,3-6,11H2. The summed E-state index contributed by atoms with van der Waals surface area (Å²) in [6, 6.07) is 5.32. The lowest BCUT2D eigenvalue weighted by Crippen LogP contribution is -2.13. The lowest BCUT2D eigenvalue weighted by molar-refractivity contribution is -0.384. The van der Waals surface area contributed by atoms with Gasteiger partial charge in [-0.15, -0.1) is 11.8 Å². The second kappa shape index (κ2) is 6.69. The van der Waals surface area contributed by atoms with Gasteiger partial charge in [-0.2, -0.15) is 0 Å². The molecule has 0 aliphatic heterocycles. The van der Waals surface area contributed by atoms with Crippen molar-refractivity contribution in [3.63, 3.8) is 0 Å². The van der Waals surface area contributed by atoms with Crippen LogP contribution in [0.2, 0.25) is 0 Å². The van der Waals surface area contributed by atoms with Crippen LogP contribution < -0.4 is 4.74 Å². The molecule has 0 saturated heterocycles. The first-order valence-electron chi connectivity index (χ1n) is 7.70. The molecular weight excluding hydrogens is 298 g/mol. The second-order valence-electron chi connectivity index (χ2n) is 5.84. The highest BCUT2D eigenvalue weighted by Crippen LogP contribution is 2.52. The van der Waals surface area contributed by atoms with Crippen molar-refractivity contribution in [3.05, 3.63) is 34.4 Å². The van der Waals surface area contributed by atoms with Crippen LogP contribution in [0.4, 0.5) is 10.5 Å². The molecule has 1 fully saturated rings. The van der Waals surface area contributed by atoms with E-state index in [9.17, 15) is 14.9 Å². The molecule has 1 aromatic rings. The summed E-state index contributed by atoms with van der Waals surface area (Å²) < 4.78 is 10.2. The van der Waals surface area contributed by atoms with E-state index in [0.717, 1.165) is 25.7 Å². The number of carbonyl (C=O) groups is 1. The first-order chi connectivity index (χ1) is 11.1. The number of non-ortho nitro benzene ring substituents is 1. The molecule has 3 rings (SSSR count). The zero-order chi connectivity index (χ0) is 16.2. The van der Waals surface area contributed by atoms with Crippen molar-refractivity contribution >= 4 is 11.8 Å². The molecule has 2 aliphatic rings. The highest BCUT2D eigenvalue weighted by molar-refractivity contribution is 5.64. The fourth-order valence-electron chi connectivity index (χ4n) is 3.21. The number of nitrogens with zero attached hydrogens (tertiary/aromatic N) is 1. The van der Waals surface area contributed by atoms with E-state index in [4.69, 9.17) is 9.47 Å². The Balaban J connectivity index is 1.44. The average molecular weight is 315 g/mol. The van der Waals surface area contributed by atoms with Crippen LogP contribution in [0.1, 0.15) is 25.7 Å². The van der Waals surface area contributed by atoms with Crippen molar-refractivity contribution in [3.8, 4) is 17.6 Å². The highest BCUT2D eigenvalue weighted by Gasteiger charge is 2.49. The molecule has 1 aromatic carbocycles. The summed E-state index contributed by atoms with van der Waals surface area (Å²) in [5, 5.41) is 10.6. The zero-order valence-corrected chi connectivity index (χ0v) is 12.6. The van der Waals surface area contributed by atoms with E-state index in [1.54, 1.807) is 0 Å². The molecule has 0 spiro atoms. The quantitative estimate of drug-likeness (QED) is 0.279. The average Bonchev–Trinajstić information content (AvgIpc) is 3.15. The van der Waals surface area contributed by atoms with Gasteiger partial charge in [0.25, 0.3) is 5.69 Å². The smallest absolute Gasteiger partial charge is 0.434 e. The number of nitro groups is 1. The number of carbonyl (C=O) groups excluding carboxylic acids is 1. The fraction of sp³-hybridized carbons (Fsp3) is 0.471. The molecule has 2 aliphatic carbocycles. The van der Waals surface area contributed by atoms with Crippen LogP contribution in [-0.4, -0.2) is 17.7 Å². The second-order valence-corrected chi connectivity index (χ2v) is 5.84. The molecule has 0 bridgehead atoms. The van der Waals surface area contributed by atoms with Gasteiger partial charge in [0.2, 0.25) is 0 Å². The van der Waals surface area contributed by atoms with Gasteiger partial charge in [-0.1, -0.05) is 0 Å². The monoisotopic (exact) mass is 315 g/mol.